The van der Waals surface area contributed by atoms with Crippen LogP contribution in [0.15, 0.2) is 0 Å². The van der Waals surface area contributed by atoms with E-state index < -0.39 is 15.9 Å². The van der Waals surface area contributed by atoms with Crippen molar-refractivity contribution >= 4 is 21.8 Å². The summed E-state index contributed by atoms with van der Waals surface area (Å²) in [4.78, 5) is 24.2. The number of carbonyl (C=O) groups is 2. The Morgan fingerprint density at radius 3 is 2.62 bits per heavy atom. The molecule has 3 amide bonds. The molecule has 0 saturated carbocycles. The van der Waals surface area contributed by atoms with E-state index in [-0.39, 0.29) is 29.4 Å². The summed E-state index contributed by atoms with van der Waals surface area (Å²) < 4.78 is 22.6. The zero-order chi connectivity index (χ0) is 11.9. The first-order chi connectivity index (χ1) is 7.39. The van der Waals surface area contributed by atoms with Crippen LogP contribution in [0.5, 0.6) is 0 Å². The van der Waals surface area contributed by atoms with E-state index in [4.69, 9.17) is 0 Å². The van der Waals surface area contributed by atoms with Crippen LogP contribution in [-0.2, 0) is 14.6 Å². The highest BCUT2D eigenvalue weighted by atomic mass is 32.2. The molecule has 2 unspecified atom stereocenters. The SMILES string of the molecule is CC1CN(C2CCS(=O)(=O)C2)C(=O)NC1=O. The molecule has 2 aliphatic rings. The molecule has 2 rings (SSSR count). The maximum absolute atomic E-state index is 11.5. The summed E-state index contributed by atoms with van der Waals surface area (Å²) in [5, 5.41) is 2.24. The van der Waals surface area contributed by atoms with Gasteiger partial charge >= 0.3 is 6.03 Å². The van der Waals surface area contributed by atoms with Gasteiger partial charge in [-0.25, -0.2) is 13.2 Å². The van der Waals surface area contributed by atoms with Crippen LogP contribution in [0, 0.1) is 5.92 Å². The summed E-state index contributed by atoms with van der Waals surface area (Å²) in [6.45, 7) is 2.03. The Morgan fingerprint density at radius 1 is 1.38 bits per heavy atom. The van der Waals surface area contributed by atoms with Crippen molar-refractivity contribution in [2.75, 3.05) is 18.1 Å². The van der Waals surface area contributed by atoms with Crippen LogP contribution in [0.1, 0.15) is 13.3 Å². The van der Waals surface area contributed by atoms with Gasteiger partial charge in [-0.1, -0.05) is 6.92 Å². The highest BCUT2D eigenvalue weighted by molar-refractivity contribution is 7.91. The lowest BCUT2D eigenvalue weighted by molar-refractivity contribution is -0.125. The number of urea groups is 1. The van der Waals surface area contributed by atoms with Crippen LogP contribution >= 0.6 is 0 Å². The average Bonchev–Trinajstić information content (AvgIpc) is 2.52. The van der Waals surface area contributed by atoms with E-state index in [1.807, 2.05) is 0 Å². The van der Waals surface area contributed by atoms with Crippen molar-refractivity contribution < 1.29 is 18.0 Å². The minimum absolute atomic E-state index is 0.0152. The highest BCUT2D eigenvalue weighted by Gasteiger charge is 2.39. The Hall–Kier alpha value is -1.11. The van der Waals surface area contributed by atoms with Gasteiger partial charge in [-0.15, -0.1) is 0 Å². The third-order valence-electron chi connectivity index (χ3n) is 3.06. The van der Waals surface area contributed by atoms with Gasteiger partial charge in [0.15, 0.2) is 9.84 Å². The van der Waals surface area contributed by atoms with Crippen molar-refractivity contribution in [3.63, 3.8) is 0 Å². The first kappa shape index (κ1) is 11.4. The molecule has 1 N–H and O–H groups in total. The second kappa shape index (κ2) is 3.73. The Morgan fingerprint density at radius 2 is 2.06 bits per heavy atom. The standard InChI is InChI=1S/C9H14N2O4S/c1-6-4-11(9(13)10-8(6)12)7-2-3-16(14,15)5-7/h6-7H,2-5H2,1H3,(H,10,12,13). The number of sulfone groups is 1. The molecule has 90 valence electrons. The Kier molecular flexibility index (Phi) is 2.65. The molecule has 0 aromatic heterocycles. The number of imide groups is 1. The second-order valence-corrected chi connectivity index (χ2v) is 6.63. The van der Waals surface area contributed by atoms with Gasteiger partial charge in [0.1, 0.15) is 0 Å². The van der Waals surface area contributed by atoms with Crippen molar-refractivity contribution in [1.29, 1.82) is 0 Å². The monoisotopic (exact) mass is 246 g/mol. The third kappa shape index (κ3) is 2.04. The van der Waals surface area contributed by atoms with Gasteiger partial charge in [0.05, 0.1) is 17.4 Å². The fourth-order valence-corrected chi connectivity index (χ4v) is 3.83. The van der Waals surface area contributed by atoms with Gasteiger partial charge < -0.3 is 4.90 Å². The van der Waals surface area contributed by atoms with Gasteiger partial charge in [0.2, 0.25) is 5.91 Å². The molecular formula is C9H14N2O4S. The van der Waals surface area contributed by atoms with E-state index in [1.54, 1.807) is 6.92 Å². The molecule has 6 nitrogen and oxygen atoms in total. The largest absolute Gasteiger partial charge is 0.324 e. The Balaban J connectivity index is 2.11. The zero-order valence-electron chi connectivity index (χ0n) is 8.97. The van der Waals surface area contributed by atoms with Crippen LogP contribution in [0.3, 0.4) is 0 Å². The summed E-state index contributed by atoms with van der Waals surface area (Å²) in [5.74, 6) is -0.423. The third-order valence-corrected chi connectivity index (χ3v) is 4.81. The van der Waals surface area contributed by atoms with Crippen LogP contribution < -0.4 is 5.32 Å². The number of amides is 3. The summed E-state index contributed by atoms with van der Waals surface area (Å²) in [5.41, 5.74) is 0. The van der Waals surface area contributed by atoms with Crippen LogP contribution in [0.2, 0.25) is 0 Å². The number of nitrogens with zero attached hydrogens (tertiary/aromatic N) is 1. The van der Waals surface area contributed by atoms with Gasteiger partial charge in [0, 0.05) is 12.6 Å². The van der Waals surface area contributed by atoms with E-state index in [1.165, 1.54) is 4.90 Å². The molecule has 2 fully saturated rings. The fourth-order valence-electron chi connectivity index (χ4n) is 2.10. The van der Waals surface area contributed by atoms with Crippen molar-refractivity contribution in [2.24, 2.45) is 5.92 Å². The lowest BCUT2D eigenvalue weighted by Crippen LogP contribution is -2.57. The van der Waals surface area contributed by atoms with E-state index in [0.717, 1.165) is 0 Å². The summed E-state index contributed by atoms with van der Waals surface area (Å²) in [7, 11) is -3.01. The quantitative estimate of drug-likeness (QED) is 0.667. The number of nitrogens with one attached hydrogen (secondary N) is 1. The van der Waals surface area contributed by atoms with Crippen molar-refractivity contribution in [3.05, 3.63) is 0 Å². The van der Waals surface area contributed by atoms with Crippen molar-refractivity contribution in [2.45, 2.75) is 19.4 Å². The van der Waals surface area contributed by atoms with E-state index in [0.29, 0.717) is 13.0 Å². The lowest BCUT2D eigenvalue weighted by Gasteiger charge is -2.34. The second-order valence-electron chi connectivity index (χ2n) is 4.40. The van der Waals surface area contributed by atoms with Gasteiger partial charge in [-0.05, 0) is 6.42 Å². The molecule has 2 aliphatic heterocycles. The normalized spacial score (nSPS) is 33.9. The molecule has 2 atom stereocenters. The number of hydrogen-bond acceptors (Lipinski definition) is 4. The maximum Gasteiger partial charge on any atom is 0.324 e. The van der Waals surface area contributed by atoms with Gasteiger partial charge in [-0.2, -0.15) is 0 Å². The molecule has 0 spiro atoms. The first-order valence-corrected chi connectivity index (χ1v) is 7.03. The summed E-state index contributed by atoms with van der Waals surface area (Å²) in [6.07, 6.45) is 0.469. The summed E-state index contributed by atoms with van der Waals surface area (Å²) >= 11 is 0. The molecule has 0 aromatic rings. The maximum atomic E-state index is 11.5. The molecule has 0 bridgehead atoms. The molecule has 0 aromatic carbocycles. The number of rotatable bonds is 1. The van der Waals surface area contributed by atoms with E-state index >= 15 is 0 Å². The number of hydrogen-bond donors (Lipinski definition) is 1. The van der Waals surface area contributed by atoms with Crippen LogP contribution in [-0.4, -0.2) is 49.3 Å². The Labute approximate surface area is 93.9 Å². The molecule has 2 saturated heterocycles. The highest BCUT2D eigenvalue weighted by Crippen LogP contribution is 2.21. The van der Waals surface area contributed by atoms with Crippen LogP contribution in [0.25, 0.3) is 0 Å². The zero-order valence-corrected chi connectivity index (χ0v) is 9.79. The smallest absolute Gasteiger partial charge is 0.320 e. The molecule has 7 heteroatoms. The molecule has 2 heterocycles. The minimum Gasteiger partial charge on any atom is -0.320 e. The van der Waals surface area contributed by atoms with E-state index in [9.17, 15) is 18.0 Å². The molecule has 0 aliphatic carbocycles. The topological polar surface area (TPSA) is 83.6 Å². The molecular weight excluding hydrogens is 232 g/mol. The molecule has 0 radical (unpaired) electrons. The predicted octanol–water partition coefficient (Wildman–Crippen LogP) is -0.639. The van der Waals surface area contributed by atoms with Gasteiger partial charge in [-0.3, -0.25) is 10.1 Å². The van der Waals surface area contributed by atoms with Crippen molar-refractivity contribution in [3.8, 4) is 0 Å². The Bertz CT molecular complexity index is 431. The predicted molar refractivity (Wildman–Crippen MR) is 56.5 cm³/mol. The summed E-state index contributed by atoms with van der Waals surface area (Å²) in [6, 6.07) is -0.745. The first-order valence-electron chi connectivity index (χ1n) is 5.21. The van der Waals surface area contributed by atoms with Crippen LogP contribution in [0.4, 0.5) is 4.79 Å². The van der Waals surface area contributed by atoms with E-state index in [2.05, 4.69) is 5.32 Å². The lowest BCUT2D eigenvalue weighted by atomic mass is 10.1. The van der Waals surface area contributed by atoms with Crippen molar-refractivity contribution in [1.82, 2.24) is 10.2 Å². The average molecular weight is 246 g/mol. The molecule has 16 heavy (non-hydrogen) atoms. The minimum atomic E-state index is -3.01. The fraction of sp³-hybridized carbons (Fsp3) is 0.778. The van der Waals surface area contributed by atoms with Gasteiger partial charge in [0.25, 0.3) is 0 Å². The number of carbonyl (C=O) groups excluding carboxylic acids is 2.